The van der Waals surface area contributed by atoms with Gasteiger partial charge in [-0.3, -0.25) is 9.48 Å². The highest BCUT2D eigenvalue weighted by Gasteiger charge is 2.49. The molecule has 3 N–H and O–H groups in total. The molecule has 0 aromatic carbocycles. The summed E-state index contributed by atoms with van der Waals surface area (Å²) in [6.45, 7) is 11.0. The number of anilines is 1. The van der Waals surface area contributed by atoms with Gasteiger partial charge >= 0.3 is 6.09 Å². The van der Waals surface area contributed by atoms with Gasteiger partial charge in [-0.05, 0) is 43.6 Å². The van der Waals surface area contributed by atoms with Crippen molar-refractivity contribution >= 4 is 17.8 Å². The highest BCUT2D eigenvalue weighted by Crippen LogP contribution is 2.47. The number of nitrogens with one attached hydrogen (secondary N) is 1. The molecule has 1 aliphatic heterocycles. The number of aromatic nitrogens is 3. The number of nitrogens with two attached hydrogens (primary N) is 1. The molecule has 0 bridgehead atoms. The highest BCUT2D eigenvalue weighted by atomic mass is 19.1. The molecule has 0 saturated heterocycles. The van der Waals surface area contributed by atoms with Crippen molar-refractivity contribution in [3.63, 3.8) is 0 Å². The Labute approximate surface area is 199 Å². The van der Waals surface area contributed by atoms with Gasteiger partial charge in [-0.25, -0.2) is 14.2 Å². The molecule has 34 heavy (non-hydrogen) atoms. The summed E-state index contributed by atoms with van der Waals surface area (Å²) in [7, 11) is 0. The van der Waals surface area contributed by atoms with E-state index in [1.165, 1.54) is 0 Å². The highest BCUT2D eigenvalue weighted by molar-refractivity contribution is 5.92. The largest absolute Gasteiger partial charge is 0.443 e. The molecule has 184 valence electrons. The van der Waals surface area contributed by atoms with E-state index >= 15 is 0 Å². The summed E-state index contributed by atoms with van der Waals surface area (Å²) in [5.41, 5.74) is 6.29. The van der Waals surface area contributed by atoms with E-state index in [0.29, 0.717) is 24.8 Å². The lowest BCUT2D eigenvalue weighted by Gasteiger charge is -2.47. The van der Waals surface area contributed by atoms with Crippen LogP contribution in [0.5, 0.6) is 0 Å². The van der Waals surface area contributed by atoms with Gasteiger partial charge in [0.2, 0.25) is 5.91 Å². The molecule has 2 aliphatic rings. The maximum absolute atomic E-state index is 14.8. The molecule has 1 saturated carbocycles. The quantitative estimate of drug-likeness (QED) is 0.673. The van der Waals surface area contributed by atoms with Gasteiger partial charge in [0.1, 0.15) is 17.2 Å². The molecule has 1 fully saturated rings. The van der Waals surface area contributed by atoms with Crippen LogP contribution in [0.15, 0.2) is 18.5 Å². The van der Waals surface area contributed by atoms with Crippen LogP contribution in [-0.4, -0.2) is 32.4 Å². The van der Waals surface area contributed by atoms with Gasteiger partial charge in [-0.1, -0.05) is 34.6 Å². The molecule has 0 spiro atoms. The van der Waals surface area contributed by atoms with E-state index in [-0.39, 0.29) is 23.1 Å². The average Bonchev–Trinajstić information content (AvgIpc) is 3.23. The number of carbonyl (C=O) groups is 2. The first-order chi connectivity index (χ1) is 15.8. The fourth-order valence-electron chi connectivity index (χ4n) is 5.39. The molecule has 1 aliphatic carbocycles. The Hall–Kier alpha value is -2.97. The zero-order valence-corrected chi connectivity index (χ0v) is 20.6. The molecule has 8 nitrogen and oxygen atoms in total. The third-order valence-corrected chi connectivity index (χ3v) is 7.31. The summed E-state index contributed by atoms with van der Waals surface area (Å²) in [4.78, 5) is 28.9. The number of nitrogens with zero attached hydrogens (tertiary/aromatic N) is 3. The number of hydrogen-bond acceptors (Lipinski definition) is 5. The zero-order valence-electron chi connectivity index (χ0n) is 20.6. The number of halogens is 1. The minimum atomic E-state index is -0.835. The van der Waals surface area contributed by atoms with Crippen LogP contribution in [0.2, 0.25) is 0 Å². The Morgan fingerprint density at radius 3 is 2.68 bits per heavy atom. The average molecular weight is 472 g/mol. The number of hydrogen-bond donors (Lipinski definition) is 2. The molecule has 3 heterocycles. The van der Waals surface area contributed by atoms with Crippen molar-refractivity contribution in [2.75, 3.05) is 5.32 Å². The molecule has 2 aromatic heterocycles. The maximum Gasteiger partial charge on any atom is 0.405 e. The fourth-order valence-corrected chi connectivity index (χ4v) is 5.39. The van der Waals surface area contributed by atoms with E-state index in [9.17, 15) is 14.0 Å². The Morgan fingerprint density at radius 1 is 1.26 bits per heavy atom. The maximum atomic E-state index is 14.8. The Bertz CT molecular complexity index is 1120. The lowest BCUT2D eigenvalue weighted by Crippen LogP contribution is -2.52. The second-order valence-corrected chi connectivity index (χ2v) is 11.5. The van der Waals surface area contributed by atoms with Gasteiger partial charge in [0.25, 0.3) is 0 Å². The van der Waals surface area contributed by atoms with Crippen LogP contribution in [-0.2, 0) is 22.5 Å². The van der Waals surface area contributed by atoms with Crippen molar-refractivity contribution in [3.8, 4) is 11.1 Å². The minimum absolute atomic E-state index is 0.0619. The summed E-state index contributed by atoms with van der Waals surface area (Å²) in [6.07, 6.45) is 5.16. The van der Waals surface area contributed by atoms with Crippen molar-refractivity contribution < 1.29 is 18.7 Å². The summed E-state index contributed by atoms with van der Waals surface area (Å²) in [6, 6.07) is 1.57. The van der Waals surface area contributed by atoms with E-state index in [4.69, 9.17) is 10.5 Å². The van der Waals surface area contributed by atoms with E-state index in [1.807, 2.05) is 25.5 Å². The first-order valence-corrected chi connectivity index (χ1v) is 11.8. The third kappa shape index (κ3) is 4.52. The van der Waals surface area contributed by atoms with Crippen molar-refractivity contribution in [2.45, 2.75) is 78.9 Å². The Balaban J connectivity index is 1.55. The van der Waals surface area contributed by atoms with Crippen LogP contribution < -0.4 is 11.1 Å². The van der Waals surface area contributed by atoms with Crippen LogP contribution in [0.3, 0.4) is 0 Å². The second-order valence-electron chi connectivity index (χ2n) is 11.5. The van der Waals surface area contributed by atoms with Crippen LogP contribution in [0.4, 0.5) is 15.0 Å². The molecule has 0 unspecified atom stereocenters. The van der Waals surface area contributed by atoms with E-state index < -0.39 is 22.9 Å². The molecular weight excluding hydrogens is 437 g/mol. The Kier molecular flexibility index (Phi) is 5.94. The lowest BCUT2D eigenvalue weighted by molar-refractivity contribution is -0.132. The number of amides is 2. The molecule has 4 rings (SSSR count). The Morgan fingerprint density at radius 2 is 2.00 bits per heavy atom. The lowest BCUT2D eigenvalue weighted by atomic mass is 9.65. The van der Waals surface area contributed by atoms with Crippen LogP contribution >= 0.6 is 0 Å². The van der Waals surface area contributed by atoms with Crippen LogP contribution in [0.1, 0.15) is 66.0 Å². The summed E-state index contributed by atoms with van der Waals surface area (Å²) < 4.78 is 22.3. The van der Waals surface area contributed by atoms with Gasteiger partial charge in [0.15, 0.2) is 0 Å². The van der Waals surface area contributed by atoms with Crippen molar-refractivity contribution in [1.29, 1.82) is 0 Å². The van der Waals surface area contributed by atoms with Crippen molar-refractivity contribution in [1.82, 2.24) is 14.8 Å². The van der Waals surface area contributed by atoms with Gasteiger partial charge in [0, 0.05) is 34.7 Å². The number of rotatable bonds is 4. The third-order valence-electron chi connectivity index (χ3n) is 7.31. The number of fused-ring (bicyclic) bond motifs is 1. The summed E-state index contributed by atoms with van der Waals surface area (Å²) in [5.74, 6) is -0.796. The topological polar surface area (TPSA) is 112 Å². The van der Waals surface area contributed by atoms with E-state index in [0.717, 1.165) is 36.8 Å². The van der Waals surface area contributed by atoms with Crippen molar-refractivity contribution in [2.24, 2.45) is 22.5 Å². The van der Waals surface area contributed by atoms with Gasteiger partial charge < -0.3 is 15.8 Å². The zero-order chi connectivity index (χ0) is 24.9. The number of pyridine rings is 1. The number of ether oxygens (including phenoxy) is 1. The standard InChI is InChI=1S/C25H34FN5O3/c1-23(2,3)25(34-22(27)33)8-6-7-15(10-25)21(32)30-20-9-16(18(26)13-28-20)17-12-29-31-14-24(4,5)11-19(17)31/h9,12-13,15H,6-8,10-11,14H2,1-5H3,(H2,27,33)(H,28,30,32)/t15-,25+/m0/s1. The molecule has 2 amide bonds. The predicted molar refractivity (Wildman–Crippen MR) is 126 cm³/mol. The van der Waals surface area contributed by atoms with Gasteiger partial charge in [0.05, 0.1) is 12.4 Å². The minimum Gasteiger partial charge on any atom is -0.443 e. The SMILES string of the molecule is CC1(C)Cc2c(-c3cc(NC(=O)[C@H]4CCC[C@](OC(N)=O)(C(C)(C)C)C4)ncc3F)cnn2C1. The molecular formula is C25H34FN5O3. The molecule has 0 radical (unpaired) electrons. The fraction of sp³-hybridized carbons (Fsp3) is 0.600. The predicted octanol–water partition coefficient (Wildman–Crippen LogP) is 4.68. The number of carbonyl (C=O) groups excluding carboxylic acids is 2. The first kappa shape index (κ1) is 24.2. The van der Waals surface area contributed by atoms with Crippen LogP contribution in [0, 0.1) is 22.6 Å². The molecule has 9 heteroatoms. The molecule has 2 atom stereocenters. The summed E-state index contributed by atoms with van der Waals surface area (Å²) >= 11 is 0. The summed E-state index contributed by atoms with van der Waals surface area (Å²) in [5, 5.41) is 7.28. The van der Waals surface area contributed by atoms with Crippen LogP contribution in [0.25, 0.3) is 11.1 Å². The number of primary amides is 1. The van der Waals surface area contributed by atoms with Gasteiger partial charge in [-0.2, -0.15) is 5.10 Å². The monoisotopic (exact) mass is 471 g/mol. The van der Waals surface area contributed by atoms with Gasteiger partial charge in [-0.15, -0.1) is 0 Å². The first-order valence-electron chi connectivity index (χ1n) is 11.8. The second kappa shape index (κ2) is 8.36. The molecule has 2 aromatic rings. The van der Waals surface area contributed by atoms with Crippen molar-refractivity contribution in [3.05, 3.63) is 30.0 Å². The van der Waals surface area contributed by atoms with E-state index in [2.05, 4.69) is 29.2 Å². The smallest absolute Gasteiger partial charge is 0.405 e. The normalized spacial score (nSPS) is 23.9. The van der Waals surface area contributed by atoms with E-state index in [1.54, 1.807) is 12.3 Å².